The van der Waals surface area contributed by atoms with Crippen molar-refractivity contribution in [1.82, 2.24) is 19.9 Å². The van der Waals surface area contributed by atoms with Gasteiger partial charge in [-0.3, -0.25) is 5.32 Å². The summed E-state index contributed by atoms with van der Waals surface area (Å²) in [6.45, 7) is -0.353. The highest BCUT2D eigenvalue weighted by Gasteiger charge is 2.51. The number of benzene rings is 1. The zero-order valence-corrected chi connectivity index (χ0v) is 15.6. The first-order chi connectivity index (χ1) is 14.4. The number of carbonyl (C=O) groups excluding carboxylic acids is 1. The number of anilines is 2. The molecule has 0 saturated carbocycles. The molecular formula is C20H17F3N6O. The van der Waals surface area contributed by atoms with Gasteiger partial charge in [-0.2, -0.15) is 8.78 Å². The Labute approximate surface area is 169 Å². The average molecular weight is 414 g/mol. The van der Waals surface area contributed by atoms with Gasteiger partial charge in [-0.1, -0.05) is 12.1 Å². The summed E-state index contributed by atoms with van der Waals surface area (Å²) < 4.78 is 42.9. The Balaban J connectivity index is 1.44. The number of rotatable bonds is 4. The summed E-state index contributed by atoms with van der Waals surface area (Å²) >= 11 is 0. The first kappa shape index (κ1) is 19.6. The number of nitrogens with two attached hydrogens (primary N) is 1. The number of amides is 2. The Kier molecular flexibility index (Phi) is 4.98. The Bertz CT molecular complexity index is 1070. The third-order valence-corrected chi connectivity index (χ3v) is 4.85. The van der Waals surface area contributed by atoms with Crippen molar-refractivity contribution in [2.75, 3.05) is 24.1 Å². The van der Waals surface area contributed by atoms with E-state index >= 15 is 0 Å². The van der Waals surface area contributed by atoms with Gasteiger partial charge in [0.1, 0.15) is 5.82 Å². The van der Waals surface area contributed by atoms with Gasteiger partial charge in [0.05, 0.1) is 17.3 Å². The zero-order valence-electron chi connectivity index (χ0n) is 15.6. The number of nitrogen functional groups attached to an aromatic ring is 1. The molecule has 7 nitrogen and oxygen atoms in total. The summed E-state index contributed by atoms with van der Waals surface area (Å²) in [5.74, 6) is -5.36. The second-order valence-corrected chi connectivity index (χ2v) is 6.84. The highest BCUT2D eigenvalue weighted by atomic mass is 19.3. The van der Waals surface area contributed by atoms with Crippen molar-refractivity contribution in [2.45, 2.75) is 5.92 Å². The SMILES string of the molecule is Nc1ccc(-c2ccccc2F)nc1NC(=O)N1CC(C(F)(F)c2ncccn2)C1. The van der Waals surface area contributed by atoms with Crippen LogP contribution in [-0.2, 0) is 5.92 Å². The van der Waals surface area contributed by atoms with E-state index in [1.807, 2.05) is 0 Å². The van der Waals surface area contributed by atoms with Gasteiger partial charge < -0.3 is 10.6 Å². The number of urea groups is 1. The number of halogens is 3. The van der Waals surface area contributed by atoms with Crippen molar-refractivity contribution in [1.29, 1.82) is 0 Å². The maximum Gasteiger partial charge on any atom is 0.323 e. The van der Waals surface area contributed by atoms with Gasteiger partial charge in [0.2, 0.25) is 0 Å². The molecule has 154 valence electrons. The molecule has 1 fully saturated rings. The standard InChI is InChI=1S/C20H17F3N6O/c21-14-5-2-1-4-13(14)16-7-6-15(24)17(27-16)28-19(30)29-10-12(11-29)20(22,23)18-25-8-3-9-26-18/h1-9,12H,10-11,24H2,(H,27,28,30). The minimum absolute atomic E-state index is 0.0300. The molecule has 0 unspecified atom stereocenters. The Morgan fingerprint density at radius 1 is 1.10 bits per heavy atom. The molecule has 1 aliphatic heterocycles. The smallest absolute Gasteiger partial charge is 0.323 e. The van der Waals surface area contributed by atoms with E-state index in [1.165, 1.54) is 41.6 Å². The maximum absolute atomic E-state index is 14.5. The summed E-state index contributed by atoms with van der Waals surface area (Å²) in [7, 11) is 0. The lowest BCUT2D eigenvalue weighted by Crippen LogP contribution is -2.57. The minimum Gasteiger partial charge on any atom is -0.396 e. The Morgan fingerprint density at radius 3 is 2.50 bits per heavy atom. The molecule has 3 N–H and O–H groups in total. The largest absolute Gasteiger partial charge is 0.396 e. The normalized spacial score (nSPS) is 14.3. The van der Waals surface area contributed by atoms with Gasteiger partial charge in [-0.15, -0.1) is 0 Å². The van der Waals surface area contributed by atoms with Crippen molar-refractivity contribution >= 4 is 17.5 Å². The third kappa shape index (κ3) is 3.63. The van der Waals surface area contributed by atoms with E-state index in [4.69, 9.17) is 5.73 Å². The molecular weight excluding hydrogens is 397 g/mol. The van der Waals surface area contributed by atoms with Crippen molar-refractivity contribution in [3.8, 4) is 11.3 Å². The number of likely N-dealkylation sites (tertiary alicyclic amines) is 1. The zero-order chi connectivity index (χ0) is 21.3. The number of nitrogens with zero attached hydrogens (tertiary/aromatic N) is 4. The average Bonchev–Trinajstić information content (AvgIpc) is 2.69. The van der Waals surface area contributed by atoms with Gasteiger partial charge >= 0.3 is 12.0 Å². The van der Waals surface area contributed by atoms with Crippen LogP contribution in [0, 0.1) is 11.7 Å². The van der Waals surface area contributed by atoms with Gasteiger partial charge in [-0.05, 0) is 30.3 Å². The second-order valence-electron chi connectivity index (χ2n) is 6.84. The highest BCUT2D eigenvalue weighted by molar-refractivity contribution is 5.92. The molecule has 10 heteroatoms. The first-order valence-electron chi connectivity index (χ1n) is 9.09. The summed E-state index contributed by atoms with van der Waals surface area (Å²) in [6, 6.07) is 9.90. The predicted molar refractivity (Wildman–Crippen MR) is 104 cm³/mol. The summed E-state index contributed by atoms with van der Waals surface area (Å²) in [4.78, 5) is 25.1. The lowest BCUT2D eigenvalue weighted by Gasteiger charge is -2.42. The number of carbonyl (C=O) groups is 1. The van der Waals surface area contributed by atoms with Crippen molar-refractivity contribution in [2.24, 2.45) is 5.92 Å². The second kappa shape index (κ2) is 7.62. The molecule has 4 rings (SSSR count). The number of nitrogens with one attached hydrogen (secondary N) is 1. The number of pyridine rings is 1. The summed E-state index contributed by atoms with van der Waals surface area (Å²) in [6.07, 6.45) is 2.49. The minimum atomic E-state index is -3.25. The fourth-order valence-electron chi connectivity index (χ4n) is 3.10. The van der Waals surface area contributed by atoms with E-state index in [0.29, 0.717) is 0 Å². The van der Waals surface area contributed by atoms with Crippen LogP contribution in [0.15, 0.2) is 54.9 Å². The van der Waals surface area contributed by atoms with Crippen molar-refractivity contribution in [3.05, 3.63) is 66.5 Å². The van der Waals surface area contributed by atoms with E-state index in [2.05, 4.69) is 20.3 Å². The molecule has 2 aromatic heterocycles. The fourth-order valence-corrected chi connectivity index (χ4v) is 3.10. The lowest BCUT2D eigenvalue weighted by molar-refractivity contribution is -0.117. The topological polar surface area (TPSA) is 97.0 Å². The molecule has 0 spiro atoms. The first-order valence-corrected chi connectivity index (χ1v) is 9.09. The van der Waals surface area contributed by atoms with Crippen LogP contribution in [-0.4, -0.2) is 39.0 Å². The van der Waals surface area contributed by atoms with E-state index in [1.54, 1.807) is 18.2 Å². The van der Waals surface area contributed by atoms with Crippen LogP contribution >= 0.6 is 0 Å². The summed E-state index contributed by atoms with van der Waals surface area (Å²) in [5.41, 5.74) is 6.56. The number of hydrogen-bond donors (Lipinski definition) is 2. The highest BCUT2D eigenvalue weighted by Crippen LogP contribution is 2.39. The number of hydrogen-bond acceptors (Lipinski definition) is 5. The molecule has 1 aromatic carbocycles. The Morgan fingerprint density at radius 2 is 1.80 bits per heavy atom. The van der Waals surface area contributed by atoms with Crippen LogP contribution in [0.25, 0.3) is 11.3 Å². The van der Waals surface area contributed by atoms with Gasteiger partial charge in [-0.25, -0.2) is 24.1 Å². The number of aromatic nitrogens is 3. The van der Waals surface area contributed by atoms with Gasteiger partial charge in [0.25, 0.3) is 0 Å². The van der Waals surface area contributed by atoms with E-state index in [9.17, 15) is 18.0 Å². The van der Waals surface area contributed by atoms with E-state index in [0.717, 1.165) is 0 Å². The monoisotopic (exact) mass is 414 g/mol. The van der Waals surface area contributed by atoms with Crippen LogP contribution < -0.4 is 11.1 Å². The molecule has 2 amide bonds. The van der Waals surface area contributed by atoms with Gasteiger partial charge in [0, 0.05) is 31.0 Å². The number of alkyl halides is 2. The molecule has 1 saturated heterocycles. The predicted octanol–water partition coefficient (Wildman–Crippen LogP) is 3.52. The van der Waals surface area contributed by atoms with Crippen LogP contribution in [0.4, 0.5) is 29.5 Å². The van der Waals surface area contributed by atoms with Crippen LogP contribution in [0.2, 0.25) is 0 Å². The van der Waals surface area contributed by atoms with E-state index in [-0.39, 0.29) is 35.9 Å². The van der Waals surface area contributed by atoms with Gasteiger partial charge in [0.15, 0.2) is 11.6 Å². The molecule has 1 aliphatic rings. The summed E-state index contributed by atoms with van der Waals surface area (Å²) in [5, 5.41) is 2.51. The molecule has 0 bridgehead atoms. The molecule has 30 heavy (non-hydrogen) atoms. The van der Waals surface area contributed by atoms with Crippen molar-refractivity contribution < 1.29 is 18.0 Å². The van der Waals surface area contributed by atoms with Crippen LogP contribution in [0.3, 0.4) is 0 Å². The molecule has 3 aromatic rings. The van der Waals surface area contributed by atoms with Crippen LogP contribution in [0.5, 0.6) is 0 Å². The quantitative estimate of drug-likeness (QED) is 0.681. The van der Waals surface area contributed by atoms with Crippen LogP contribution in [0.1, 0.15) is 5.82 Å². The third-order valence-electron chi connectivity index (χ3n) is 4.85. The molecule has 0 atom stereocenters. The lowest BCUT2D eigenvalue weighted by atomic mass is 9.92. The van der Waals surface area contributed by atoms with Crippen molar-refractivity contribution in [3.63, 3.8) is 0 Å². The molecule has 3 heterocycles. The Hall–Kier alpha value is -3.69. The maximum atomic E-state index is 14.5. The van der Waals surface area contributed by atoms with E-state index < -0.39 is 29.5 Å². The fraction of sp³-hybridized carbons (Fsp3) is 0.200. The molecule has 0 aliphatic carbocycles. The molecule has 0 radical (unpaired) electrons.